The summed E-state index contributed by atoms with van der Waals surface area (Å²) in [6, 6.07) is 8.75. The van der Waals surface area contributed by atoms with Crippen LogP contribution in [0, 0.1) is 0 Å². The molecule has 0 spiro atoms. The van der Waals surface area contributed by atoms with Gasteiger partial charge in [0.15, 0.2) is 5.82 Å². The standard InChI is InChI=1S/C26H30ClF2N6O3P.H3P/c1-34-9-8-15-11-21(37-3)20(10-16(15)14-34)32-26-30-13-18(27)24(33-26)31-19-7-6-17(12-22(19)38-39(4)5)35(2)25(36)23(28)29;/h6-7,10-13,23H,8-9,14H2,1-5H3,(H2,30,31,32,33);1H3. The number of amides is 1. The Morgan fingerprint density at radius 2 is 1.90 bits per heavy atom. The number of nitrogens with zero attached hydrogens (tertiary/aromatic N) is 4. The molecule has 1 amide bonds. The van der Waals surface area contributed by atoms with E-state index in [0.29, 0.717) is 29.0 Å². The normalized spacial score (nSPS) is 12.9. The molecule has 0 bridgehead atoms. The van der Waals surface area contributed by atoms with Gasteiger partial charge in [0, 0.05) is 31.9 Å². The number of nitrogens with one attached hydrogen (secondary N) is 2. The maximum absolute atomic E-state index is 13.0. The van der Waals surface area contributed by atoms with Gasteiger partial charge >= 0.3 is 6.43 Å². The lowest BCUT2D eigenvalue weighted by atomic mass is 9.99. The van der Waals surface area contributed by atoms with Crippen LogP contribution >= 0.6 is 29.6 Å². The van der Waals surface area contributed by atoms with Crippen molar-refractivity contribution in [2.24, 2.45) is 0 Å². The second-order valence-corrected chi connectivity index (χ2v) is 11.4. The number of likely N-dealkylation sites (N-methyl/N-ethyl adjacent to an activating group) is 1. The average molecular weight is 613 g/mol. The van der Waals surface area contributed by atoms with Gasteiger partial charge in [0.2, 0.25) is 5.95 Å². The lowest BCUT2D eigenvalue weighted by molar-refractivity contribution is -0.128. The van der Waals surface area contributed by atoms with Gasteiger partial charge in [0.25, 0.3) is 5.91 Å². The number of hydrogen-bond donors (Lipinski definition) is 2. The van der Waals surface area contributed by atoms with E-state index in [1.165, 1.54) is 36.5 Å². The number of methoxy groups -OCH3 is 1. The Morgan fingerprint density at radius 1 is 1.15 bits per heavy atom. The summed E-state index contributed by atoms with van der Waals surface area (Å²) in [4.78, 5) is 23.8. The number of carbonyl (C=O) groups excluding carboxylic acids is 1. The summed E-state index contributed by atoms with van der Waals surface area (Å²) in [5.74, 6) is 0.327. The highest BCUT2D eigenvalue weighted by Gasteiger charge is 2.23. The van der Waals surface area contributed by atoms with E-state index in [2.05, 4.69) is 32.5 Å². The van der Waals surface area contributed by atoms with Crippen LogP contribution in [0.15, 0.2) is 36.5 Å². The van der Waals surface area contributed by atoms with Crippen molar-refractivity contribution < 1.29 is 22.8 Å². The van der Waals surface area contributed by atoms with Gasteiger partial charge in [-0.15, -0.1) is 0 Å². The van der Waals surface area contributed by atoms with Crippen LogP contribution in [0.2, 0.25) is 5.02 Å². The molecule has 216 valence electrons. The molecule has 2 aromatic carbocycles. The third-order valence-corrected chi connectivity index (χ3v) is 6.96. The molecule has 4 rings (SSSR count). The first kappa shape index (κ1) is 31.7. The molecule has 0 saturated heterocycles. The van der Waals surface area contributed by atoms with Crippen molar-refractivity contribution in [1.29, 1.82) is 0 Å². The van der Waals surface area contributed by atoms with E-state index >= 15 is 0 Å². The van der Waals surface area contributed by atoms with Gasteiger partial charge in [-0.1, -0.05) is 11.6 Å². The largest absolute Gasteiger partial charge is 0.495 e. The van der Waals surface area contributed by atoms with Crippen LogP contribution in [0.1, 0.15) is 11.1 Å². The maximum Gasteiger partial charge on any atom is 0.316 e. The van der Waals surface area contributed by atoms with Gasteiger partial charge in [-0.25, -0.2) is 4.98 Å². The molecule has 2 N–H and O–H groups in total. The van der Waals surface area contributed by atoms with Crippen molar-refractivity contribution in [2.75, 3.05) is 56.6 Å². The Labute approximate surface area is 242 Å². The summed E-state index contributed by atoms with van der Waals surface area (Å²) in [6.07, 6.45) is -0.706. The molecule has 1 aliphatic heterocycles. The topological polar surface area (TPSA) is 91.9 Å². The minimum Gasteiger partial charge on any atom is -0.495 e. The lowest BCUT2D eigenvalue weighted by Crippen LogP contribution is -2.31. The predicted octanol–water partition coefficient (Wildman–Crippen LogP) is 5.94. The van der Waals surface area contributed by atoms with Gasteiger partial charge < -0.3 is 29.7 Å². The van der Waals surface area contributed by atoms with Crippen molar-refractivity contribution in [2.45, 2.75) is 19.4 Å². The van der Waals surface area contributed by atoms with E-state index in [4.69, 9.17) is 20.9 Å². The van der Waals surface area contributed by atoms with Crippen molar-refractivity contribution in [1.82, 2.24) is 14.9 Å². The molecule has 3 aromatic rings. The molecule has 2 heterocycles. The second kappa shape index (κ2) is 13.7. The number of carbonyl (C=O) groups is 1. The fraction of sp³-hybridized carbons (Fsp3) is 0.346. The molecule has 40 heavy (non-hydrogen) atoms. The van der Waals surface area contributed by atoms with Crippen LogP contribution in [0.4, 0.5) is 37.6 Å². The fourth-order valence-corrected chi connectivity index (χ4v) is 4.81. The Morgan fingerprint density at radius 3 is 2.58 bits per heavy atom. The SMILES string of the molecule is COc1cc2c(cc1Nc1ncc(Cl)c(Nc3ccc(N(C)C(=O)C(F)F)cc3OP(C)C)n1)CN(C)CC2.P. The average Bonchev–Trinajstić information content (AvgIpc) is 2.89. The molecule has 1 aliphatic rings. The predicted molar refractivity (Wildman–Crippen MR) is 163 cm³/mol. The Kier molecular flexibility index (Phi) is 10.8. The number of anilines is 5. The number of rotatable bonds is 9. The second-order valence-electron chi connectivity index (χ2n) is 9.23. The first-order chi connectivity index (χ1) is 18.5. The van der Waals surface area contributed by atoms with E-state index in [0.717, 1.165) is 30.1 Å². The minimum atomic E-state index is -3.12. The van der Waals surface area contributed by atoms with Crippen LogP contribution in [-0.4, -0.2) is 68.3 Å². The Hall–Kier alpha value is -2.84. The van der Waals surface area contributed by atoms with Gasteiger partial charge in [-0.3, -0.25) is 4.79 Å². The molecule has 9 nitrogen and oxygen atoms in total. The van der Waals surface area contributed by atoms with Crippen molar-refractivity contribution in [3.63, 3.8) is 0 Å². The van der Waals surface area contributed by atoms with E-state index in [1.807, 2.05) is 25.5 Å². The number of hydrogen-bond acceptors (Lipinski definition) is 8. The number of fused-ring (bicyclic) bond motifs is 1. The molecule has 0 saturated carbocycles. The zero-order valence-corrected chi connectivity index (χ0v) is 26.0. The van der Waals surface area contributed by atoms with E-state index in [1.54, 1.807) is 13.2 Å². The van der Waals surface area contributed by atoms with Crippen molar-refractivity contribution in [3.05, 3.63) is 52.7 Å². The summed E-state index contributed by atoms with van der Waals surface area (Å²) in [7, 11) is 4.11. The fourth-order valence-electron chi connectivity index (χ4n) is 4.13. The third-order valence-electron chi connectivity index (χ3n) is 6.12. The van der Waals surface area contributed by atoms with E-state index in [-0.39, 0.29) is 20.6 Å². The molecule has 0 fully saturated rings. The van der Waals surface area contributed by atoms with Crippen LogP contribution in [0.5, 0.6) is 11.5 Å². The summed E-state index contributed by atoms with van der Waals surface area (Å²) in [5, 5.41) is 6.63. The molecule has 14 heteroatoms. The van der Waals surface area contributed by atoms with Crippen LogP contribution in [-0.2, 0) is 17.8 Å². The Bertz CT molecular complexity index is 1370. The maximum atomic E-state index is 13.0. The van der Waals surface area contributed by atoms with Gasteiger partial charge in [0.1, 0.15) is 16.5 Å². The molecular formula is C26H33ClF2N6O3P2. The van der Waals surface area contributed by atoms with Crippen molar-refractivity contribution in [3.8, 4) is 11.5 Å². The number of benzene rings is 2. The first-order valence-corrected chi connectivity index (χ1v) is 14.6. The highest BCUT2D eigenvalue weighted by molar-refractivity contribution is 7.51. The first-order valence-electron chi connectivity index (χ1n) is 12.1. The third kappa shape index (κ3) is 7.46. The Balaban J connectivity index is 0.00000441. The number of halogens is 3. The molecule has 0 radical (unpaired) electrons. The summed E-state index contributed by atoms with van der Waals surface area (Å²) >= 11 is 6.42. The lowest BCUT2D eigenvalue weighted by Gasteiger charge is -2.26. The van der Waals surface area contributed by atoms with Crippen LogP contribution < -0.4 is 24.8 Å². The van der Waals surface area contributed by atoms with Crippen LogP contribution in [0.25, 0.3) is 0 Å². The summed E-state index contributed by atoms with van der Waals surface area (Å²) < 4.78 is 37.5. The summed E-state index contributed by atoms with van der Waals surface area (Å²) in [6.45, 7) is 5.60. The highest BCUT2D eigenvalue weighted by Crippen LogP contribution is 2.40. The highest BCUT2D eigenvalue weighted by atomic mass is 35.5. The number of alkyl halides is 2. The summed E-state index contributed by atoms with van der Waals surface area (Å²) in [5.41, 5.74) is 3.93. The molecule has 1 aromatic heterocycles. The zero-order valence-electron chi connectivity index (χ0n) is 23.0. The quantitative estimate of drug-likeness (QED) is 0.287. The van der Waals surface area contributed by atoms with Crippen molar-refractivity contribution >= 4 is 64.4 Å². The van der Waals surface area contributed by atoms with E-state index in [9.17, 15) is 13.6 Å². The van der Waals surface area contributed by atoms with Crippen LogP contribution in [0.3, 0.4) is 0 Å². The smallest absolute Gasteiger partial charge is 0.316 e. The molecule has 1 unspecified atom stereocenters. The molecule has 1 atom stereocenters. The van der Waals surface area contributed by atoms with Gasteiger partial charge in [0.05, 0.1) is 32.8 Å². The van der Waals surface area contributed by atoms with Gasteiger partial charge in [-0.05, 0) is 62.2 Å². The van der Waals surface area contributed by atoms with Gasteiger partial charge in [-0.2, -0.15) is 23.7 Å². The van der Waals surface area contributed by atoms with E-state index < -0.39 is 20.5 Å². The molecular weight excluding hydrogens is 580 g/mol. The zero-order chi connectivity index (χ0) is 28.3. The minimum absolute atomic E-state index is 0. The monoisotopic (exact) mass is 612 g/mol. The molecule has 0 aliphatic carbocycles. The number of ether oxygens (including phenoxy) is 1. The number of aromatic nitrogens is 2.